The van der Waals surface area contributed by atoms with E-state index >= 15 is 0 Å². The van der Waals surface area contributed by atoms with Crippen LogP contribution < -0.4 is 5.73 Å². The van der Waals surface area contributed by atoms with E-state index < -0.39 is 0 Å². The average molecular weight is 268 g/mol. The predicted molar refractivity (Wildman–Crippen MR) is 71.7 cm³/mol. The number of hydrogen-bond donors (Lipinski definition) is 1. The van der Waals surface area contributed by atoms with Crippen LogP contribution in [0.2, 0.25) is 5.02 Å². The van der Waals surface area contributed by atoms with Crippen molar-refractivity contribution < 1.29 is 0 Å². The fourth-order valence-electron chi connectivity index (χ4n) is 2.17. The van der Waals surface area contributed by atoms with Gasteiger partial charge in [0.15, 0.2) is 0 Å². The SMILES string of the molecule is Cc1nn(C(c2cnn(C)c2)C(C)N)c(C)c1Cl. The molecule has 2 aromatic rings. The molecule has 2 N–H and O–H groups in total. The Hall–Kier alpha value is -1.33. The van der Waals surface area contributed by atoms with Crippen LogP contribution in [0.3, 0.4) is 0 Å². The molecule has 0 aromatic carbocycles. The Morgan fingerprint density at radius 1 is 1.39 bits per heavy atom. The van der Waals surface area contributed by atoms with Gasteiger partial charge in [-0.1, -0.05) is 11.6 Å². The van der Waals surface area contributed by atoms with Gasteiger partial charge in [0, 0.05) is 24.8 Å². The van der Waals surface area contributed by atoms with E-state index in [1.165, 1.54) is 0 Å². The summed E-state index contributed by atoms with van der Waals surface area (Å²) in [6.45, 7) is 5.81. The summed E-state index contributed by atoms with van der Waals surface area (Å²) in [6, 6.07) is -0.131. The Labute approximate surface area is 112 Å². The highest BCUT2D eigenvalue weighted by molar-refractivity contribution is 6.31. The van der Waals surface area contributed by atoms with E-state index in [1.54, 1.807) is 4.68 Å². The van der Waals surface area contributed by atoms with Gasteiger partial charge in [-0.15, -0.1) is 0 Å². The summed E-state index contributed by atoms with van der Waals surface area (Å²) in [5.74, 6) is 0. The maximum absolute atomic E-state index is 6.19. The van der Waals surface area contributed by atoms with Crippen LogP contribution in [0.25, 0.3) is 0 Å². The molecule has 18 heavy (non-hydrogen) atoms. The van der Waals surface area contributed by atoms with Gasteiger partial charge >= 0.3 is 0 Å². The van der Waals surface area contributed by atoms with E-state index in [1.807, 2.05) is 44.9 Å². The average Bonchev–Trinajstić information content (AvgIpc) is 2.80. The van der Waals surface area contributed by atoms with Crippen molar-refractivity contribution in [3.8, 4) is 0 Å². The van der Waals surface area contributed by atoms with Gasteiger partial charge in [-0.05, 0) is 20.8 Å². The summed E-state index contributed by atoms with van der Waals surface area (Å²) in [4.78, 5) is 0. The number of nitrogens with zero attached hydrogens (tertiary/aromatic N) is 4. The number of rotatable bonds is 3. The molecular weight excluding hydrogens is 250 g/mol. The topological polar surface area (TPSA) is 61.7 Å². The summed E-state index contributed by atoms with van der Waals surface area (Å²) in [6.07, 6.45) is 3.77. The number of aromatic nitrogens is 4. The van der Waals surface area contributed by atoms with Gasteiger partial charge in [0.2, 0.25) is 0 Å². The summed E-state index contributed by atoms with van der Waals surface area (Å²) in [7, 11) is 1.88. The first-order valence-corrected chi connectivity index (χ1v) is 6.25. The summed E-state index contributed by atoms with van der Waals surface area (Å²) < 4.78 is 3.65. The lowest BCUT2D eigenvalue weighted by atomic mass is 10.0. The predicted octanol–water partition coefficient (Wildman–Crippen LogP) is 1.82. The van der Waals surface area contributed by atoms with Gasteiger partial charge in [-0.25, -0.2) is 0 Å². The third-order valence-electron chi connectivity index (χ3n) is 3.06. The molecule has 5 nitrogen and oxygen atoms in total. The molecule has 0 aliphatic rings. The lowest BCUT2D eigenvalue weighted by Gasteiger charge is -2.21. The number of nitrogens with two attached hydrogens (primary N) is 1. The second-order valence-corrected chi connectivity index (χ2v) is 5.06. The molecular formula is C12H18ClN5. The van der Waals surface area contributed by atoms with E-state index in [2.05, 4.69) is 10.2 Å². The molecule has 2 aromatic heterocycles. The third-order valence-corrected chi connectivity index (χ3v) is 3.61. The van der Waals surface area contributed by atoms with Crippen molar-refractivity contribution in [2.24, 2.45) is 12.8 Å². The molecule has 0 bridgehead atoms. The third kappa shape index (κ3) is 2.15. The largest absolute Gasteiger partial charge is 0.326 e. The van der Waals surface area contributed by atoms with Gasteiger partial charge in [-0.3, -0.25) is 9.36 Å². The van der Waals surface area contributed by atoms with Gasteiger partial charge in [0.05, 0.1) is 28.6 Å². The Morgan fingerprint density at radius 3 is 2.44 bits per heavy atom. The number of aryl methyl sites for hydroxylation is 2. The van der Waals surface area contributed by atoms with Crippen LogP contribution in [0.4, 0.5) is 0 Å². The first-order valence-electron chi connectivity index (χ1n) is 5.87. The molecule has 0 spiro atoms. The van der Waals surface area contributed by atoms with Gasteiger partial charge < -0.3 is 5.73 Å². The minimum Gasteiger partial charge on any atom is -0.326 e. The Kier molecular flexibility index (Phi) is 3.45. The van der Waals surface area contributed by atoms with Crippen LogP contribution in [-0.2, 0) is 7.05 Å². The molecule has 0 aliphatic heterocycles. The zero-order valence-corrected chi connectivity index (χ0v) is 11.8. The van der Waals surface area contributed by atoms with Crippen LogP contribution in [-0.4, -0.2) is 25.6 Å². The quantitative estimate of drug-likeness (QED) is 0.923. The number of halogens is 1. The minimum atomic E-state index is -0.0803. The van der Waals surface area contributed by atoms with E-state index in [4.69, 9.17) is 17.3 Å². The molecule has 6 heteroatoms. The molecule has 0 saturated heterocycles. The molecule has 98 valence electrons. The highest BCUT2D eigenvalue weighted by atomic mass is 35.5. The van der Waals surface area contributed by atoms with Crippen LogP contribution in [0.5, 0.6) is 0 Å². The second kappa shape index (κ2) is 4.74. The van der Waals surface area contributed by atoms with Crippen molar-refractivity contribution in [1.29, 1.82) is 0 Å². The van der Waals surface area contributed by atoms with E-state index in [0.717, 1.165) is 17.0 Å². The van der Waals surface area contributed by atoms with Crippen molar-refractivity contribution >= 4 is 11.6 Å². The van der Waals surface area contributed by atoms with Crippen LogP contribution in [0, 0.1) is 13.8 Å². The van der Waals surface area contributed by atoms with Crippen molar-refractivity contribution in [2.75, 3.05) is 0 Å². The smallest absolute Gasteiger partial charge is 0.0950 e. The Balaban J connectivity index is 2.51. The van der Waals surface area contributed by atoms with Gasteiger partial charge in [-0.2, -0.15) is 10.2 Å². The second-order valence-electron chi connectivity index (χ2n) is 4.68. The van der Waals surface area contributed by atoms with Gasteiger partial charge in [0.25, 0.3) is 0 Å². The minimum absolute atomic E-state index is 0.0510. The normalized spacial score (nSPS) is 14.8. The van der Waals surface area contributed by atoms with E-state index in [9.17, 15) is 0 Å². The molecule has 2 atom stereocenters. The van der Waals surface area contributed by atoms with Crippen molar-refractivity contribution in [3.05, 3.63) is 34.4 Å². The zero-order chi connectivity index (χ0) is 13.4. The number of hydrogen-bond acceptors (Lipinski definition) is 3. The molecule has 0 aliphatic carbocycles. The van der Waals surface area contributed by atoms with Crippen LogP contribution in [0.15, 0.2) is 12.4 Å². The van der Waals surface area contributed by atoms with Crippen molar-refractivity contribution in [1.82, 2.24) is 19.6 Å². The fourth-order valence-corrected chi connectivity index (χ4v) is 2.30. The fraction of sp³-hybridized carbons (Fsp3) is 0.500. The maximum Gasteiger partial charge on any atom is 0.0950 e. The summed E-state index contributed by atoms with van der Waals surface area (Å²) in [5, 5.41) is 9.37. The highest BCUT2D eigenvalue weighted by Crippen LogP contribution is 2.27. The monoisotopic (exact) mass is 267 g/mol. The molecule has 2 unspecified atom stereocenters. The molecule has 0 fully saturated rings. The first-order chi connectivity index (χ1) is 8.41. The Bertz CT molecular complexity index is 555. The lowest BCUT2D eigenvalue weighted by Crippen LogP contribution is -2.31. The van der Waals surface area contributed by atoms with E-state index in [-0.39, 0.29) is 12.1 Å². The lowest BCUT2D eigenvalue weighted by molar-refractivity contribution is 0.443. The molecule has 2 rings (SSSR count). The summed E-state index contributed by atoms with van der Waals surface area (Å²) in [5.41, 5.74) is 8.89. The van der Waals surface area contributed by atoms with Gasteiger partial charge in [0.1, 0.15) is 0 Å². The summed E-state index contributed by atoms with van der Waals surface area (Å²) >= 11 is 6.19. The molecule has 0 radical (unpaired) electrons. The van der Waals surface area contributed by atoms with Crippen molar-refractivity contribution in [2.45, 2.75) is 32.9 Å². The first kappa shape index (κ1) is 13.1. The highest BCUT2D eigenvalue weighted by Gasteiger charge is 2.24. The zero-order valence-electron chi connectivity index (χ0n) is 11.1. The molecule has 0 amide bonds. The van der Waals surface area contributed by atoms with Crippen LogP contribution in [0.1, 0.15) is 29.9 Å². The van der Waals surface area contributed by atoms with Crippen LogP contribution >= 0.6 is 11.6 Å². The standard InChI is InChI=1S/C12H18ClN5/c1-7(14)12(10-5-15-17(4)6-10)18-9(3)11(13)8(2)16-18/h5-7,12H,14H2,1-4H3. The molecule has 0 saturated carbocycles. The maximum atomic E-state index is 6.19. The van der Waals surface area contributed by atoms with E-state index in [0.29, 0.717) is 5.02 Å². The molecule has 2 heterocycles. The Morgan fingerprint density at radius 2 is 2.06 bits per heavy atom. The van der Waals surface area contributed by atoms with Crippen molar-refractivity contribution in [3.63, 3.8) is 0 Å².